The molecule has 0 radical (unpaired) electrons. The van der Waals surface area contributed by atoms with Crippen LogP contribution < -0.4 is 4.74 Å². The third kappa shape index (κ3) is 4.54. The molecule has 1 aromatic heterocycles. The average molecular weight is 425 g/mol. The van der Waals surface area contributed by atoms with Gasteiger partial charge in [0.2, 0.25) is 5.76 Å². The summed E-state index contributed by atoms with van der Waals surface area (Å²) in [7, 11) is 1.32. The molecule has 3 aromatic rings. The highest BCUT2D eigenvalue weighted by Gasteiger charge is 2.24. The van der Waals surface area contributed by atoms with Crippen LogP contribution >= 0.6 is 11.8 Å². The number of hydrogen-bond acceptors (Lipinski definition) is 6. The number of para-hydroxylation sites is 1. The van der Waals surface area contributed by atoms with Gasteiger partial charge in [-0.1, -0.05) is 37.5 Å². The summed E-state index contributed by atoms with van der Waals surface area (Å²) in [6, 6.07) is 14.0. The Morgan fingerprint density at radius 2 is 1.73 bits per heavy atom. The first-order valence-electron chi connectivity index (χ1n) is 10.2. The quantitative estimate of drug-likeness (QED) is 0.357. The highest BCUT2D eigenvalue weighted by atomic mass is 32.2. The molecule has 1 saturated carbocycles. The summed E-state index contributed by atoms with van der Waals surface area (Å²) in [4.78, 5) is 24.5. The Hall–Kier alpha value is -2.73. The minimum Gasteiger partial charge on any atom is -0.465 e. The number of carbonyl (C=O) groups excluding carboxylic acids is 2. The molecular weight excluding hydrogens is 400 g/mol. The molecule has 4 rings (SSSR count). The van der Waals surface area contributed by atoms with E-state index in [-0.39, 0.29) is 5.76 Å². The van der Waals surface area contributed by atoms with Crippen LogP contribution in [0, 0.1) is 0 Å². The van der Waals surface area contributed by atoms with Gasteiger partial charge in [0, 0.05) is 22.0 Å². The van der Waals surface area contributed by atoms with Crippen molar-refractivity contribution in [3.63, 3.8) is 0 Å². The highest BCUT2D eigenvalue weighted by Crippen LogP contribution is 2.35. The van der Waals surface area contributed by atoms with E-state index in [9.17, 15) is 9.59 Å². The molecule has 0 saturated heterocycles. The second-order valence-corrected chi connectivity index (χ2v) is 8.67. The second-order valence-electron chi connectivity index (χ2n) is 7.38. The van der Waals surface area contributed by atoms with Crippen LogP contribution in [0.4, 0.5) is 0 Å². The molecule has 1 aliphatic carbocycles. The Bertz CT molecular complexity index is 1030. The summed E-state index contributed by atoms with van der Waals surface area (Å²) in [5.41, 5.74) is 1.97. The Morgan fingerprint density at radius 3 is 2.47 bits per heavy atom. The lowest BCUT2D eigenvalue weighted by Crippen LogP contribution is -2.11. The molecule has 0 amide bonds. The molecule has 6 heteroatoms. The summed E-state index contributed by atoms with van der Waals surface area (Å²) in [6.45, 7) is 0. The smallest absolute Gasteiger partial charge is 0.379 e. The molecule has 0 N–H and O–H groups in total. The fraction of sp³-hybridized carbons (Fsp3) is 0.333. The zero-order valence-corrected chi connectivity index (χ0v) is 17.7. The van der Waals surface area contributed by atoms with Crippen LogP contribution in [0.15, 0.2) is 52.9 Å². The topological polar surface area (TPSA) is 65.7 Å². The predicted molar refractivity (Wildman–Crippen MR) is 117 cm³/mol. The van der Waals surface area contributed by atoms with Crippen molar-refractivity contribution >= 4 is 34.7 Å². The van der Waals surface area contributed by atoms with Gasteiger partial charge in [-0.05, 0) is 43.2 Å². The van der Waals surface area contributed by atoms with E-state index in [2.05, 4.69) is 4.74 Å². The Kier molecular flexibility index (Phi) is 6.43. The zero-order chi connectivity index (χ0) is 20.9. The third-order valence-electron chi connectivity index (χ3n) is 5.39. The largest absolute Gasteiger partial charge is 0.465 e. The van der Waals surface area contributed by atoms with Crippen LogP contribution in [-0.4, -0.2) is 24.3 Å². The number of rotatable bonds is 6. The van der Waals surface area contributed by atoms with E-state index in [0.29, 0.717) is 27.9 Å². The average Bonchev–Trinajstić information content (AvgIpc) is 3.17. The van der Waals surface area contributed by atoms with Gasteiger partial charge in [0.1, 0.15) is 11.3 Å². The lowest BCUT2D eigenvalue weighted by Gasteiger charge is -2.20. The van der Waals surface area contributed by atoms with E-state index < -0.39 is 11.9 Å². The van der Waals surface area contributed by atoms with Crippen LogP contribution in [-0.2, 0) is 10.5 Å². The van der Waals surface area contributed by atoms with Crippen molar-refractivity contribution in [2.24, 2.45) is 0 Å². The van der Waals surface area contributed by atoms with Crippen LogP contribution in [0.1, 0.15) is 58.6 Å². The van der Waals surface area contributed by atoms with E-state index in [4.69, 9.17) is 9.15 Å². The molecule has 0 spiro atoms. The van der Waals surface area contributed by atoms with Gasteiger partial charge in [0.05, 0.1) is 12.7 Å². The molecular formula is C24H24O5S. The number of esters is 2. The maximum absolute atomic E-state index is 12.9. The molecule has 1 aliphatic rings. The molecule has 0 unspecified atom stereocenters. The van der Waals surface area contributed by atoms with E-state index in [1.54, 1.807) is 24.3 Å². The van der Waals surface area contributed by atoms with E-state index in [1.807, 2.05) is 36.0 Å². The van der Waals surface area contributed by atoms with Gasteiger partial charge in [-0.2, -0.15) is 11.8 Å². The summed E-state index contributed by atoms with van der Waals surface area (Å²) >= 11 is 1.90. The highest BCUT2D eigenvalue weighted by molar-refractivity contribution is 7.99. The lowest BCUT2D eigenvalue weighted by molar-refractivity contribution is 0.0600. The van der Waals surface area contributed by atoms with Crippen LogP contribution in [0.25, 0.3) is 11.0 Å². The number of carbonyl (C=O) groups is 2. The molecule has 0 bridgehead atoms. The van der Waals surface area contributed by atoms with Crippen molar-refractivity contribution in [1.82, 2.24) is 0 Å². The summed E-state index contributed by atoms with van der Waals surface area (Å²) < 4.78 is 16.1. The number of methoxy groups -OCH3 is 1. The standard InChI is InChI=1S/C24H24O5S/c1-27-23(25)16-11-13-17(14-12-16)28-24(26)22-20(15-30-18-7-3-2-4-8-18)19-9-5-6-10-21(19)29-22/h5-6,9-14,18H,2-4,7-8,15H2,1H3. The minimum atomic E-state index is -0.531. The molecule has 5 nitrogen and oxygen atoms in total. The SMILES string of the molecule is COC(=O)c1ccc(OC(=O)c2oc3ccccc3c2CSC2CCCCC2)cc1. The van der Waals surface area contributed by atoms with E-state index >= 15 is 0 Å². The maximum atomic E-state index is 12.9. The molecule has 1 fully saturated rings. The van der Waals surface area contributed by atoms with Crippen LogP contribution in [0.5, 0.6) is 5.75 Å². The Morgan fingerprint density at radius 1 is 1.00 bits per heavy atom. The zero-order valence-electron chi connectivity index (χ0n) is 16.9. The first kappa shape index (κ1) is 20.5. The normalized spacial score (nSPS) is 14.6. The first-order chi connectivity index (χ1) is 14.7. The first-order valence-corrected chi connectivity index (χ1v) is 11.2. The number of ether oxygens (including phenoxy) is 2. The Labute approximate surface area is 179 Å². The third-order valence-corrected chi connectivity index (χ3v) is 6.78. The van der Waals surface area contributed by atoms with Gasteiger partial charge in [-0.3, -0.25) is 0 Å². The van der Waals surface area contributed by atoms with Gasteiger partial charge in [-0.25, -0.2) is 9.59 Å². The van der Waals surface area contributed by atoms with Crippen LogP contribution in [0.2, 0.25) is 0 Å². The minimum absolute atomic E-state index is 0.247. The van der Waals surface area contributed by atoms with Crippen molar-refractivity contribution in [1.29, 1.82) is 0 Å². The van der Waals surface area contributed by atoms with E-state index in [0.717, 1.165) is 10.9 Å². The van der Waals surface area contributed by atoms with Gasteiger partial charge >= 0.3 is 11.9 Å². The number of benzene rings is 2. The van der Waals surface area contributed by atoms with Crippen molar-refractivity contribution in [3.05, 3.63) is 65.4 Å². The van der Waals surface area contributed by atoms with Crippen molar-refractivity contribution in [2.75, 3.05) is 7.11 Å². The number of thioether (sulfide) groups is 1. The van der Waals surface area contributed by atoms with Gasteiger partial charge in [0.15, 0.2) is 0 Å². The molecule has 156 valence electrons. The molecule has 1 heterocycles. The predicted octanol–water partition coefficient (Wildman–Crippen LogP) is 6.00. The molecule has 0 atom stereocenters. The van der Waals surface area contributed by atoms with E-state index in [1.165, 1.54) is 39.2 Å². The monoisotopic (exact) mass is 424 g/mol. The fourth-order valence-corrected chi connectivity index (χ4v) is 5.13. The summed E-state index contributed by atoms with van der Waals surface area (Å²) in [5.74, 6) is 0.340. The second kappa shape index (κ2) is 9.39. The van der Waals surface area contributed by atoms with Crippen molar-refractivity contribution in [3.8, 4) is 5.75 Å². The van der Waals surface area contributed by atoms with Gasteiger partial charge < -0.3 is 13.9 Å². The number of fused-ring (bicyclic) bond motifs is 1. The molecule has 2 aromatic carbocycles. The summed E-state index contributed by atoms with van der Waals surface area (Å²) in [6.07, 6.45) is 6.33. The number of furan rings is 1. The summed E-state index contributed by atoms with van der Waals surface area (Å²) in [5, 5.41) is 1.58. The Balaban J connectivity index is 1.54. The van der Waals surface area contributed by atoms with Crippen LogP contribution in [0.3, 0.4) is 0 Å². The molecule has 30 heavy (non-hydrogen) atoms. The maximum Gasteiger partial charge on any atom is 0.379 e. The fourth-order valence-electron chi connectivity index (χ4n) is 3.77. The number of hydrogen-bond donors (Lipinski definition) is 0. The van der Waals surface area contributed by atoms with Gasteiger partial charge in [-0.15, -0.1) is 0 Å². The van der Waals surface area contributed by atoms with Crippen molar-refractivity contribution in [2.45, 2.75) is 43.1 Å². The van der Waals surface area contributed by atoms with Crippen molar-refractivity contribution < 1.29 is 23.5 Å². The van der Waals surface area contributed by atoms with Gasteiger partial charge in [0.25, 0.3) is 0 Å². The lowest BCUT2D eigenvalue weighted by atomic mass is 10.0. The molecule has 0 aliphatic heterocycles.